The molecule has 0 saturated carbocycles. The third-order valence-electron chi connectivity index (χ3n) is 3.86. The number of likely N-dealkylation sites (tertiary alicyclic amines) is 1. The Bertz CT molecular complexity index is 644. The standard InChI is InChI=1S/C16H22NO6P/c1-12-6-8-13(9-7-12)23-24(20,22-11-15(18)21-3)14-5-4-10-17(2)16(14)19/h6-9,14H,4-5,10-11H2,1-3H3/t14-,24?/m0/s1. The Morgan fingerprint density at radius 2 is 2.00 bits per heavy atom. The minimum Gasteiger partial charge on any atom is -0.467 e. The number of carbonyl (C=O) groups is 2. The van der Waals surface area contributed by atoms with E-state index >= 15 is 0 Å². The minimum atomic E-state index is -3.88. The van der Waals surface area contributed by atoms with Gasteiger partial charge in [-0.3, -0.25) is 9.32 Å². The van der Waals surface area contributed by atoms with Gasteiger partial charge in [-0.1, -0.05) is 17.7 Å². The highest BCUT2D eigenvalue weighted by Crippen LogP contribution is 2.55. The summed E-state index contributed by atoms with van der Waals surface area (Å²) in [6.45, 7) is 1.97. The van der Waals surface area contributed by atoms with Gasteiger partial charge in [0.1, 0.15) is 5.75 Å². The van der Waals surface area contributed by atoms with Gasteiger partial charge in [0.2, 0.25) is 5.91 Å². The predicted molar refractivity (Wildman–Crippen MR) is 88.0 cm³/mol. The summed E-state index contributed by atoms with van der Waals surface area (Å²) < 4.78 is 28.7. The number of ether oxygens (including phenoxy) is 1. The minimum absolute atomic E-state index is 0.304. The molecule has 0 aliphatic carbocycles. The zero-order valence-electron chi connectivity index (χ0n) is 14.1. The summed E-state index contributed by atoms with van der Waals surface area (Å²) in [4.78, 5) is 25.3. The molecule has 132 valence electrons. The molecule has 2 rings (SSSR count). The predicted octanol–water partition coefficient (Wildman–Crippen LogP) is 2.38. The van der Waals surface area contributed by atoms with Crippen LogP contribution < -0.4 is 4.52 Å². The summed E-state index contributed by atoms with van der Waals surface area (Å²) in [5.74, 6) is -0.657. The first-order valence-corrected chi connectivity index (χ1v) is 9.29. The third kappa shape index (κ3) is 4.36. The number of methoxy groups -OCH3 is 1. The molecule has 0 spiro atoms. The van der Waals surface area contributed by atoms with Crippen molar-refractivity contribution in [1.29, 1.82) is 0 Å². The smallest absolute Gasteiger partial charge is 0.392 e. The van der Waals surface area contributed by atoms with Crippen molar-refractivity contribution in [1.82, 2.24) is 4.90 Å². The maximum atomic E-state index is 13.3. The molecule has 0 N–H and O–H groups in total. The fourth-order valence-corrected chi connectivity index (χ4v) is 4.46. The topological polar surface area (TPSA) is 82.1 Å². The lowest BCUT2D eigenvalue weighted by molar-refractivity contribution is -0.143. The molecular formula is C16H22NO6P. The van der Waals surface area contributed by atoms with E-state index in [1.165, 1.54) is 12.0 Å². The molecule has 24 heavy (non-hydrogen) atoms. The van der Waals surface area contributed by atoms with Crippen molar-refractivity contribution >= 4 is 19.5 Å². The Balaban J connectivity index is 2.26. The van der Waals surface area contributed by atoms with Crippen molar-refractivity contribution in [3.05, 3.63) is 29.8 Å². The molecule has 0 bridgehead atoms. The number of aryl methyl sites for hydroxylation is 1. The van der Waals surface area contributed by atoms with E-state index < -0.39 is 25.8 Å². The van der Waals surface area contributed by atoms with Crippen LogP contribution in [0.25, 0.3) is 0 Å². The quantitative estimate of drug-likeness (QED) is 0.576. The molecule has 1 heterocycles. The highest BCUT2D eigenvalue weighted by atomic mass is 31.2. The van der Waals surface area contributed by atoms with E-state index in [9.17, 15) is 14.2 Å². The highest BCUT2D eigenvalue weighted by Gasteiger charge is 2.46. The number of hydrogen-bond donors (Lipinski definition) is 0. The van der Waals surface area contributed by atoms with Gasteiger partial charge in [0.25, 0.3) is 0 Å². The van der Waals surface area contributed by atoms with Gasteiger partial charge in [0.15, 0.2) is 12.3 Å². The monoisotopic (exact) mass is 355 g/mol. The summed E-state index contributed by atoms with van der Waals surface area (Å²) in [6, 6.07) is 6.91. The number of carbonyl (C=O) groups excluding carboxylic acids is 2. The average molecular weight is 355 g/mol. The first-order chi connectivity index (χ1) is 11.4. The number of benzene rings is 1. The second-order valence-electron chi connectivity index (χ2n) is 5.71. The molecule has 0 radical (unpaired) electrons. The molecule has 1 unspecified atom stereocenters. The van der Waals surface area contributed by atoms with E-state index in [-0.39, 0.29) is 5.91 Å². The Morgan fingerprint density at radius 1 is 1.33 bits per heavy atom. The molecule has 1 amide bonds. The lowest BCUT2D eigenvalue weighted by Crippen LogP contribution is -2.42. The van der Waals surface area contributed by atoms with Gasteiger partial charge in [-0.2, -0.15) is 0 Å². The molecule has 1 aliphatic heterocycles. The van der Waals surface area contributed by atoms with Gasteiger partial charge < -0.3 is 14.2 Å². The summed E-state index contributed by atoms with van der Waals surface area (Å²) in [5.41, 5.74) is 0.0864. The van der Waals surface area contributed by atoms with Gasteiger partial charge in [0, 0.05) is 13.6 Å². The van der Waals surface area contributed by atoms with Crippen molar-refractivity contribution < 1.29 is 27.9 Å². The van der Waals surface area contributed by atoms with Gasteiger partial charge in [-0.15, -0.1) is 0 Å². The maximum absolute atomic E-state index is 13.3. The van der Waals surface area contributed by atoms with Crippen LogP contribution in [0.3, 0.4) is 0 Å². The van der Waals surface area contributed by atoms with Crippen LogP contribution in [0.5, 0.6) is 5.75 Å². The lowest BCUT2D eigenvalue weighted by atomic mass is 10.1. The van der Waals surface area contributed by atoms with E-state index in [4.69, 9.17) is 9.05 Å². The molecule has 1 aromatic rings. The Morgan fingerprint density at radius 3 is 2.62 bits per heavy atom. The van der Waals surface area contributed by atoms with Crippen LogP contribution in [-0.2, 0) is 23.4 Å². The second-order valence-corrected chi connectivity index (χ2v) is 7.86. The maximum Gasteiger partial charge on any atom is 0.392 e. The summed E-state index contributed by atoms with van der Waals surface area (Å²) >= 11 is 0. The average Bonchev–Trinajstić information content (AvgIpc) is 2.57. The molecule has 7 nitrogen and oxygen atoms in total. The van der Waals surface area contributed by atoms with Crippen molar-refractivity contribution in [3.8, 4) is 5.75 Å². The third-order valence-corrected chi connectivity index (χ3v) is 6.05. The van der Waals surface area contributed by atoms with Crippen LogP contribution >= 0.6 is 7.60 Å². The van der Waals surface area contributed by atoms with Gasteiger partial charge >= 0.3 is 13.6 Å². The van der Waals surface area contributed by atoms with Crippen LogP contribution in [0.2, 0.25) is 0 Å². The SMILES string of the molecule is COC(=O)COP(=O)(Oc1ccc(C)cc1)[C@H]1CCCN(C)C1=O. The fraction of sp³-hybridized carbons (Fsp3) is 0.500. The highest BCUT2D eigenvalue weighted by molar-refractivity contribution is 7.56. The first-order valence-electron chi connectivity index (χ1n) is 7.68. The fourth-order valence-electron chi connectivity index (χ4n) is 2.43. The molecule has 1 saturated heterocycles. The number of amides is 1. The molecule has 8 heteroatoms. The van der Waals surface area contributed by atoms with E-state index in [1.54, 1.807) is 31.3 Å². The van der Waals surface area contributed by atoms with Crippen LogP contribution in [0.4, 0.5) is 0 Å². The van der Waals surface area contributed by atoms with E-state index in [0.29, 0.717) is 25.1 Å². The normalized spacial score (nSPS) is 20.4. The number of rotatable bonds is 6. The molecule has 0 aromatic heterocycles. The zero-order valence-corrected chi connectivity index (χ0v) is 15.0. The first kappa shape index (κ1) is 18.5. The molecule has 1 aromatic carbocycles. The largest absolute Gasteiger partial charge is 0.467 e. The second kappa shape index (κ2) is 7.81. The summed E-state index contributed by atoms with van der Waals surface area (Å²) in [5, 5.41) is 0. The lowest BCUT2D eigenvalue weighted by Gasteiger charge is -2.33. The van der Waals surface area contributed by atoms with Crippen molar-refractivity contribution in [2.75, 3.05) is 27.3 Å². The van der Waals surface area contributed by atoms with Crippen LogP contribution in [-0.4, -0.2) is 49.7 Å². The number of esters is 1. The van der Waals surface area contributed by atoms with Gasteiger partial charge in [-0.05, 0) is 31.9 Å². The number of piperidine rings is 1. The van der Waals surface area contributed by atoms with E-state index in [0.717, 1.165) is 5.56 Å². The van der Waals surface area contributed by atoms with E-state index in [1.807, 2.05) is 6.92 Å². The Hall–Kier alpha value is -1.85. The Kier molecular flexibility index (Phi) is 6.02. The number of nitrogens with zero attached hydrogens (tertiary/aromatic N) is 1. The summed E-state index contributed by atoms with van der Waals surface area (Å²) in [7, 11) is -1.04. The molecular weight excluding hydrogens is 333 g/mol. The van der Waals surface area contributed by atoms with Crippen molar-refractivity contribution in [3.63, 3.8) is 0 Å². The van der Waals surface area contributed by atoms with Crippen LogP contribution in [0, 0.1) is 6.92 Å². The number of hydrogen-bond acceptors (Lipinski definition) is 6. The van der Waals surface area contributed by atoms with Crippen LogP contribution in [0.1, 0.15) is 18.4 Å². The molecule has 2 atom stereocenters. The van der Waals surface area contributed by atoms with E-state index in [2.05, 4.69) is 4.74 Å². The van der Waals surface area contributed by atoms with Gasteiger partial charge in [0.05, 0.1) is 7.11 Å². The Labute approximate surface area is 141 Å². The van der Waals surface area contributed by atoms with Crippen molar-refractivity contribution in [2.45, 2.75) is 25.4 Å². The van der Waals surface area contributed by atoms with Crippen molar-refractivity contribution in [2.24, 2.45) is 0 Å². The molecule has 1 fully saturated rings. The zero-order chi connectivity index (χ0) is 17.7. The molecule has 1 aliphatic rings. The van der Waals surface area contributed by atoms with Gasteiger partial charge in [-0.25, -0.2) is 9.36 Å². The van der Waals surface area contributed by atoms with Crippen LogP contribution in [0.15, 0.2) is 24.3 Å². The summed E-state index contributed by atoms with van der Waals surface area (Å²) in [6.07, 6.45) is 1.07.